The van der Waals surface area contributed by atoms with Crippen molar-refractivity contribution >= 4 is 5.91 Å². The molecule has 2 fully saturated rings. The van der Waals surface area contributed by atoms with Gasteiger partial charge in [-0.15, -0.1) is 0 Å². The molecule has 4 nitrogen and oxygen atoms in total. The SMILES string of the molecule is CCOC1CC(N)(C(=O)NCC2CC2)C1(C)C. The van der Waals surface area contributed by atoms with E-state index in [4.69, 9.17) is 10.5 Å². The van der Waals surface area contributed by atoms with Gasteiger partial charge in [-0.25, -0.2) is 0 Å². The average Bonchev–Trinajstić information content (AvgIpc) is 3.09. The second-order valence-corrected chi connectivity index (χ2v) is 5.99. The van der Waals surface area contributed by atoms with Crippen molar-refractivity contribution in [3.63, 3.8) is 0 Å². The molecule has 0 aromatic carbocycles. The van der Waals surface area contributed by atoms with Crippen LogP contribution in [0.3, 0.4) is 0 Å². The summed E-state index contributed by atoms with van der Waals surface area (Å²) in [6.07, 6.45) is 3.21. The number of ether oxygens (including phenoxy) is 1. The van der Waals surface area contributed by atoms with Crippen molar-refractivity contribution in [2.75, 3.05) is 13.2 Å². The van der Waals surface area contributed by atoms with Crippen molar-refractivity contribution in [3.05, 3.63) is 0 Å². The molecule has 98 valence electrons. The maximum absolute atomic E-state index is 12.2. The molecule has 2 aliphatic rings. The zero-order valence-corrected chi connectivity index (χ0v) is 11.1. The summed E-state index contributed by atoms with van der Waals surface area (Å²) in [6, 6.07) is 0. The number of hydrogen-bond acceptors (Lipinski definition) is 3. The zero-order chi connectivity index (χ0) is 12.7. The number of hydrogen-bond donors (Lipinski definition) is 2. The number of nitrogens with one attached hydrogen (secondary N) is 1. The molecule has 0 bridgehead atoms. The molecule has 2 rings (SSSR count). The third kappa shape index (κ3) is 2.08. The van der Waals surface area contributed by atoms with Crippen molar-refractivity contribution in [1.29, 1.82) is 0 Å². The van der Waals surface area contributed by atoms with Gasteiger partial charge in [0.25, 0.3) is 0 Å². The summed E-state index contributed by atoms with van der Waals surface area (Å²) in [4.78, 5) is 12.2. The maximum atomic E-state index is 12.2. The highest BCUT2D eigenvalue weighted by atomic mass is 16.5. The fourth-order valence-corrected chi connectivity index (χ4v) is 2.54. The van der Waals surface area contributed by atoms with Crippen LogP contribution in [0.1, 0.15) is 40.0 Å². The lowest BCUT2D eigenvalue weighted by atomic mass is 9.54. The zero-order valence-electron chi connectivity index (χ0n) is 11.1. The number of amides is 1. The van der Waals surface area contributed by atoms with E-state index >= 15 is 0 Å². The first-order valence-corrected chi connectivity index (χ1v) is 6.60. The van der Waals surface area contributed by atoms with Gasteiger partial charge in [-0.2, -0.15) is 0 Å². The van der Waals surface area contributed by atoms with Gasteiger partial charge in [0.05, 0.1) is 6.10 Å². The van der Waals surface area contributed by atoms with E-state index in [1.807, 2.05) is 20.8 Å². The molecular weight excluding hydrogens is 216 g/mol. The predicted molar refractivity (Wildman–Crippen MR) is 66.5 cm³/mol. The van der Waals surface area contributed by atoms with Gasteiger partial charge in [-0.05, 0) is 25.7 Å². The maximum Gasteiger partial charge on any atom is 0.240 e. The van der Waals surface area contributed by atoms with Gasteiger partial charge in [0.15, 0.2) is 0 Å². The van der Waals surface area contributed by atoms with Crippen LogP contribution >= 0.6 is 0 Å². The fraction of sp³-hybridized carbons (Fsp3) is 0.923. The van der Waals surface area contributed by atoms with Gasteiger partial charge < -0.3 is 15.8 Å². The Bertz CT molecular complexity index is 313. The van der Waals surface area contributed by atoms with Crippen molar-refractivity contribution in [1.82, 2.24) is 5.32 Å². The summed E-state index contributed by atoms with van der Waals surface area (Å²) < 4.78 is 5.62. The summed E-state index contributed by atoms with van der Waals surface area (Å²) in [6.45, 7) is 7.47. The summed E-state index contributed by atoms with van der Waals surface area (Å²) in [5.74, 6) is 0.679. The highest BCUT2D eigenvalue weighted by molar-refractivity contribution is 5.88. The molecule has 0 radical (unpaired) electrons. The standard InChI is InChI=1S/C13H24N2O2/c1-4-17-10-7-13(14,12(10,2)3)11(16)15-8-9-5-6-9/h9-10H,4-8,14H2,1-3H3,(H,15,16). The molecule has 0 aliphatic heterocycles. The molecule has 0 aromatic heterocycles. The van der Waals surface area contributed by atoms with Crippen molar-refractivity contribution in [2.24, 2.45) is 17.1 Å². The average molecular weight is 240 g/mol. The molecule has 3 N–H and O–H groups in total. The Hall–Kier alpha value is -0.610. The molecule has 2 aliphatic carbocycles. The van der Waals surface area contributed by atoms with Crippen LogP contribution in [0.25, 0.3) is 0 Å². The summed E-state index contributed by atoms with van der Waals surface area (Å²) in [5, 5.41) is 2.99. The van der Waals surface area contributed by atoms with Gasteiger partial charge in [-0.3, -0.25) is 4.79 Å². The van der Waals surface area contributed by atoms with E-state index in [0.29, 0.717) is 18.9 Å². The lowest BCUT2D eigenvalue weighted by molar-refractivity contribution is -0.170. The van der Waals surface area contributed by atoms with Crippen LogP contribution in [-0.2, 0) is 9.53 Å². The Morgan fingerprint density at radius 3 is 2.59 bits per heavy atom. The van der Waals surface area contributed by atoms with E-state index in [-0.39, 0.29) is 17.4 Å². The summed E-state index contributed by atoms with van der Waals surface area (Å²) >= 11 is 0. The summed E-state index contributed by atoms with van der Waals surface area (Å²) in [5.41, 5.74) is 5.22. The smallest absolute Gasteiger partial charge is 0.240 e. The highest BCUT2D eigenvalue weighted by Gasteiger charge is 2.62. The van der Waals surface area contributed by atoms with Crippen molar-refractivity contribution < 1.29 is 9.53 Å². The summed E-state index contributed by atoms with van der Waals surface area (Å²) in [7, 11) is 0. The lowest BCUT2D eigenvalue weighted by Gasteiger charge is -2.57. The molecule has 0 saturated heterocycles. The minimum atomic E-state index is -0.762. The molecule has 0 heterocycles. The van der Waals surface area contributed by atoms with E-state index < -0.39 is 5.54 Å². The van der Waals surface area contributed by atoms with Crippen LogP contribution in [0.4, 0.5) is 0 Å². The quantitative estimate of drug-likeness (QED) is 0.755. The minimum Gasteiger partial charge on any atom is -0.378 e. The molecular formula is C13H24N2O2. The Morgan fingerprint density at radius 1 is 1.47 bits per heavy atom. The number of nitrogens with two attached hydrogens (primary N) is 1. The van der Waals surface area contributed by atoms with Crippen molar-refractivity contribution in [3.8, 4) is 0 Å². The van der Waals surface area contributed by atoms with E-state index in [9.17, 15) is 4.79 Å². The number of carbonyl (C=O) groups is 1. The van der Waals surface area contributed by atoms with Crippen LogP contribution in [-0.4, -0.2) is 30.7 Å². The molecule has 17 heavy (non-hydrogen) atoms. The molecule has 1 amide bonds. The number of rotatable bonds is 5. The lowest BCUT2D eigenvalue weighted by Crippen LogP contribution is -2.75. The molecule has 4 heteroatoms. The Morgan fingerprint density at radius 2 is 2.12 bits per heavy atom. The molecule has 2 atom stereocenters. The highest BCUT2D eigenvalue weighted by Crippen LogP contribution is 2.49. The van der Waals surface area contributed by atoms with Crippen LogP contribution in [0, 0.1) is 11.3 Å². The monoisotopic (exact) mass is 240 g/mol. The van der Waals surface area contributed by atoms with Crippen LogP contribution in [0.15, 0.2) is 0 Å². The first kappa shape index (κ1) is 12.8. The third-order valence-electron chi connectivity index (χ3n) is 4.48. The topological polar surface area (TPSA) is 64.3 Å². The normalized spacial score (nSPS) is 35.2. The Balaban J connectivity index is 1.92. The Kier molecular flexibility index (Phi) is 3.21. The fourth-order valence-electron chi connectivity index (χ4n) is 2.54. The largest absolute Gasteiger partial charge is 0.378 e. The van der Waals surface area contributed by atoms with Crippen LogP contribution < -0.4 is 11.1 Å². The first-order chi connectivity index (χ1) is 7.91. The van der Waals surface area contributed by atoms with Crippen molar-refractivity contribution in [2.45, 2.75) is 51.7 Å². The van der Waals surface area contributed by atoms with Gasteiger partial charge in [-0.1, -0.05) is 13.8 Å². The molecule has 2 saturated carbocycles. The predicted octanol–water partition coefficient (Wildman–Crippen LogP) is 1.05. The number of carbonyl (C=O) groups excluding carboxylic acids is 1. The Labute approximate surface area is 103 Å². The van der Waals surface area contributed by atoms with Crippen LogP contribution in [0.2, 0.25) is 0 Å². The second kappa shape index (κ2) is 4.25. The van der Waals surface area contributed by atoms with Crippen LogP contribution in [0.5, 0.6) is 0 Å². The molecule has 0 aromatic rings. The van der Waals surface area contributed by atoms with E-state index in [1.54, 1.807) is 0 Å². The minimum absolute atomic E-state index is 0.00893. The molecule has 0 spiro atoms. The van der Waals surface area contributed by atoms with E-state index in [1.165, 1.54) is 12.8 Å². The van der Waals surface area contributed by atoms with Gasteiger partial charge >= 0.3 is 0 Å². The van der Waals surface area contributed by atoms with E-state index in [0.717, 1.165) is 6.54 Å². The van der Waals surface area contributed by atoms with E-state index in [2.05, 4.69) is 5.32 Å². The molecule has 2 unspecified atom stereocenters. The van der Waals surface area contributed by atoms with Gasteiger partial charge in [0.1, 0.15) is 5.54 Å². The van der Waals surface area contributed by atoms with Gasteiger partial charge in [0.2, 0.25) is 5.91 Å². The third-order valence-corrected chi connectivity index (χ3v) is 4.48. The second-order valence-electron chi connectivity index (χ2n) is 5.99. The van der Waals surface area contributed by atoms with Gasteiger partial charge in [0, 0.05) is 25.0 Å². The first-order valence-electron chi connectivity index (χ1n) is 6.60.